The van der Waals surface area contributed by atoms with Crippen molar-refractivity contribution in [2.75, 3.05) is 5.73 Å². The lowest BCUT2D eigenvalue weighted by atomic mass is 10.2. The number of nitrogens with two attached hydrogens (primary N) is 1. The van der Waals surface area contributed by atoms with Gasteiger partial charge in [-0.1, -0.05) is 12.1 Å². The van der Waals surface area contributed by atoms with Gasteiger partial charge in [0, 0.05) is 17.3 Å². The van der Waals surface area contributed by atoms with Gasteiger partial charge in [-0.2, -0.15) is 0 Å². The van der Waals surface area contributed by atoms with Gasteiger partial charge in [-0.15, -0.1) is 0 Å². The van der Waals surface area contributed by atoms with Crippen molar-refractivity contribution in [2.45, 2.75) is 30.9 Å². The lowest BCUT2D eigenvalue weighted by Crippen LogP contribution is -2.15. The Hall–Kier alpha value is -1.95. The van der Waals surface area contributed by atoms with Crippen molar-refractivity contribution < 1.29 is 8.42 Å². The first-order chi connectivity index (χ1) is 9.34. The van der Waals surface area contributed by atoms with Crippen molar-refractivity contribution in [3.05, 3.63) is 36.0 Å². The number of hydrogen-bond donors (Lipinski definition) is 1. The van der Waals surface area contributed by atoms with Gasteiger partial charge >= 0.3 is 0 Å². The largest absolute Gasteiger partial charge is 0.383 e. The fourth-order valence-corrected chi connectivity index (χ4v) is 2.98. The van der Waals surface area contributed by atoms with Crippen molar-refractivity contribution in [1.29, 1.82) is 0 Å². The Morgan fingerprint density at radius 1 is 1.20 bits per heavy atom. The monoisotopic (exact) mass is 291 g/mol. The van der Waals surface area contributed by atoms with E-state index >= 15 is 0 Å². The van der Waals surface area contributed by atoms with E-state index in [2.05, 4.69) is 9.97 Å². The van der Waals surface area contributed by atoms with Crippen LogP contribution in [0.15, 0.2) is 35.4 Å². The normalized spacial score (nSPS) is 11.8. The molecule has 6 heteroatoms. The molecule has 2 N–H and O–H groups in total. The Labute approximate surface area is 118 Å². The van der Waals surface area contributed by atoms with E-state index in [4.69, 9.17) is 5.73 Å². The van der Waals surface area contributed by atoms with E-state index in [0.29, 0.717) is 17.2 Å². The Morgan fingerprint density at radius 2 is 1.85 bits per heavy atom. The Balaban J connectivity index is 2.67. The Morgan fingerprint density at radius 3 is 2.45 bits per heavy atom. The molecule has 0 atom stereocenters. The van der Waals surface area contributed by atoms with Crippen LogP contribution in [0.3, 0.4) is 0 Å². The number of benzene rings is 1. The molecule has 106 valence electrons. The molecule has 0 aliphatic carbocycles. The third-order valence-corrected chi connectivity index (χ3v) is 5.28. The fourth-order valence-electron chi connectivity index (χ4n) is 1.74. The number of aromatic nitrogens is 2. The van der Waals surface area contributed by atoms with Gasteiger partial charge in [0.15, 0.2) is 15.7 Å². The van der Waals surface area contributed by atoms with Crippen LogP contribution >= 0.6 is 0 Å². The number of hydrogen-bond acceptors (Lipinski definition) is 5. The number of nitrogens with zero attached hydrogens (tertiary/aromatic N) is 2. The first kappa shape index (κ1) is 14.5. The standard InChI is InChI=1S/C14H17N3O2S/c1-9(2)20(18,19)12-7-5-4-6-11(12)14-16-8-10(3)13(15)17-14/h4-9H,1-3H3,(H2,15,16,17). The minimum atomic E-state index is -3.40. The molecule has 0 amide bonds. The minimum Gasteiger partial charge on any atom is -0.383 e. The van der Waals surface area contributed by atoms with Gasteiger partial charge in [-0.05, 0) is 32.9 Å². The third kappa shape index (κ3) is 2.51. The van der Waals surface area contributed by atoms with Crippen molar-refractivity contribution in [3.63, 3.8) is 0 Å². The maximum absolute atomic E-state index is 12.4. The van der Waals surface area contributed by atoms with Crippen molar-refractivity contribution in [2.24, 2.45) is 0 Å². The number of sulfone groups is 1. The van der Waals surface area contributed by atoms with Gasteiger partial charge < -0.3 is 5.73 Å². The second-order valence-corrected chi connectivity index (χ2v) is 7.32. The third-order valence-electron chi connectivity index (χ3n) is 3.07. The molecular weight excluding hydrogens is 274 g/mol. The number of nitrogen functional groups attached to an aromatic ring is 1. The predicted octanol–water partition coefficient (Wildman–Crippen LogP) is 2.22. The van der Waals surface area contributed by atoms with Gasteiger partial charge in [0.2, 0.25) is 0 Å². The van der Waals surface area contributed by atoms with Gasteiger partial charge in [-0.25, -0.2) is 18.4 Å². The molecule has 0 aliphatic rings. The van der Waals surface area contributed by atoms with Gasteiger partial charge in [0.1, 0.15) is 5.82 Å². The summed E-state index contributed by atoms with van der Waals surface area (Å²) in [6.07, 6.45) is 1.59. The highest BCUT2D eigenvalue weighted by Crippen LogP contribution is 2.28. The number of rotatable bonds is 3. The zero-order valence-corrected chi connectivity index (χ0v) is 12.5. The smallest absolute Gasteiger partial charge is 0.181 e. The SMILES string of the molecule is Cc1cnc(-c2ccccc2S(=O)(=O)C(C)C)nc1N. The van der Waals surface area contributed by atoms with E-state index in [-0.39, 0.29) is 4.90 Å². The highest BCUT2D eigenvalue weighted by molar-refractivity contribution is 7.92. The van der Waals surface area contributed by atoms with Crippen LogP contribution < -0.4 is 5.73 Å². The first-order valence-corrected chi connectivity index (χ1v) is 7.81. The Bertz CT molecular complexity index is 740. The topological polar surface area (TPSA) is 85.9 Å². The quantitative estimate of drug-likeness (QED) is 0.937. The minimum absolute atomic E-state index is 0.234. The molecule has 1 heterocycles. The van der Waals surface area contributed by atoms with Gasteiger partial charge in [0.25, 0.3) is 0 Å². The average Bonchev–Trinajstić information content (AvgIpc) is 2.41. The van der Waals surface area contributed by atoms with Crippen LogP contribution in [0.5, 0.6) is 0 Å². The maximum Gasteiger partial charge on any atom is 0.181 e. The summed E-state index contributed by atoms with van der Waals surface area (Å²) < 4.78 is 24.8. The fraction of sp³-hybridized carbons (Fsp3) is 0.286. The average molecular weight is 291 g/mol. The molecule has 0 saturated heterocycles. The summed E-state index contributed by atoms with van der Waals surface area (Å²) in [7, 11) is -3.40. The molecule has 1 aromatic carbocycles. The molecule has 20 heavy (non-hydrogen) atoms. The predicted molar refractivity (Wildman–Crippen MR) is 78.9 cm³/mol. The molecule has 0 spiro atoms. The summed E-state index contributed by atoms with van der Waals surface area (Å²) in [5.41, 5.74) is 7.02. The maximum atomic E-state index is 12.4. The van der Waals surface area contributed by atoms with Crippen molar-refractivity contribution in [1.82, 2.24) is 9.97 Å². The van der Waals surface area contributed by atoms with E-state index in [0.717, 1.165) is 5.56 Å². The summed E-state index contributed by atoms with van der Waals surface area (Å²) in [4.78, 5) is 8.60. The summed E-state index contributed by atoms with van der Waals surface area (Å²) >= 11 is 0. The summed E-state index contributed by atoms with van der Waals surface area (Å²) in [5, 5.41) is -0.508. The second kappa shape index (κ2) is 5.20. The number of anilines is 1. The van der Waals surface area contributed by atoms with E-state index in [9.17, 15) is 8.42 Å². The van der Waals surface area contributed by atoms with Crippen LogP contribution in [0.2, 0.25) is 0 Å². The zero-order chi connectivity index (χ0) is 14.9. The van der Waals surface area contributed by atoms with Crippen molar-refractivity contribution >= 4 is 15.7 Å². The molecule has 1 aromatic heterocycles. The van der Waals surface area contributed by atoms with E-state index in [1.165, 1.54) is 0 Å². The highest BCUT2D eigenvalue weighted by Gasteiger charge is 2.24. The molecule has 0 aliphatic heterocycles. The number of aryl methyl sites for hydroxylation is 1. The van der Waals surface area contributed by atoms with Crippen LogP contribution in [-0.4, -0.2) is 23.6 Å². The van der Waals surface area contributed by atoms with Crippen LogP contribution in [0.25, 0.3) is 11.4 Å². The van der Waals surface area contributed by atoms with Crippen LogP contribution in [0, 0.1) is 6.92 Å². The summed E-state index contributed by atoms with van der Waals surface area (Å²) in [6.45, 7) is 5.10. The Kier molecular flexibility index (Phi) is 3.76. The van der Waals surface area contributed by atoms with Crippen LogP contribution in [0.4, 0.5) is 5.82 Å². The molecule has 0 saturated carbocycles. The van der Waals surface area contributed by atoms with Crippen molar-refractivity contribution in [3.8, 4) is 11.4 Å². The molecule has 2 rings (SSSR count). The van der Waals surface area contributed by atoms with Crippen LogP contribution in [-0.2, 0) is 9.84 Å². The molecular formula is C14H17N3O2S. The van der Waals surface area contributed by atoms with Crippen LogP contribution in [0.1, 0.15) is 19.4 Å². The molecule has 5 nitrogen and oxygen atoms in total. The van der Waals surface area contributed by atoms with E-state index < -0.39 is 15.1 Å². The molecule has 0 fully saturated rings. The second-order valence-electron chi connectivity index (χ2n) is 4.85. The molecule has 0 radical (unpaired) electrons. The lowest BCUT2D eigenvalue weighted by molar-refractivity contribution is 0.587. The lowest BCUT2D eigenvalue weighted by Gasteiger charge is -2.12. The molecule has 2 aromatic rings. The zero-order valence-electron chi connectivity index (χ0n) is 11.7. The molecule has 0 unspecified atom stereocenters. The molecule has 0 bridgehead atoms. The summed E-state index contributed by atoms with van der Waals surface area (Å²) in [6, 6.07) is 6.72. The van der Waals surface area contributed by atoms with E-state index in [1.807, 2.05) is 0 Å². The highest BCUT2D eigenvalue weighted by atomic mass is 32.2. The van der Waals surface area contributed by atoms with E-state index in [1.54, 1.807) is 51.2 Å². The van der Waals surface area contributed by atoms with Gasteiger partial charge in [0.05, 0.1) is 10.1 Å². The first-order valence-electron chi connectivity index (χ1n) is 6.26. The van der Waals surface area contributed by atoms with Gasteiger partial charge in [-0.3, -0.25) is 0 Å². The summed E-state index contributed by atoms with van der Waals surface area (Å²) in [5.74, 6) is 0.680.